The number of hydrogen-bond acceptors (Lipinski definition) is 4. The number of primary amides is 1. The van der Waals surface area contributed by atoms with Crippen LogP contribution in [0.5, 0.6) is 0 Å². The van der Waals surface area contributed by atoms with Crippen molar-refractivity contribution < 1.29 is 24.3 Å². The van der Waals surface area contributed by atoms with Crippen LogP contribution in [0.15, 0.2) is 60.7 Å². The minimum atomic E-state index is -1.14. The van der Waals surface area contributed by atoms with Gasteiger partial charge in [0.2, 0.25) is 21.6 Å². The van der Waals surface area contributed by atoms with Gasteiger partial charge in [-0.15, -0.1) is 0 Å². The number of rotatable bonds is 6. The van der Waals surface area contributed by atoms with Crippen molar-refractivity contribution in [2.75, 3.05) is 0 Å². The lowest BCUT2D eigenvalue weighted by atomic mass is 10.0. The summed E-state index contributed by atoms with van der Waals surface area (Å²) < 4.78 is 0. The maximum absolute atomic E-state index is 11.0. The molecule has 0 fully saturated rings. The van der Waals surface area contributed by atoms with Gasteiger partial charge in [0, 0.05) is 0 Å². The Morgan fingerprint density at radius 2 is 1.11 bits per heavy atom. The van der Waals surface area contributed by atoms with Gasteiger partial charge in [-0.05, 0) is 11.1 Å². The number of benzene rings is 2. The number of hydrogen-bond donors (Lipinski definition) is 4. The van der Waals surface area contributed by atoms with Gasteiger partial charge in [0.25, 0.3) is 0 Å². The summed E-state index contributed by atoms with van der Waals surface area (Å²) >= 11 is 0. The Bertz CT molecular complexity index is 749. The van der Waals surface area contributed by atoms with Crippen LogP contribution in [-0.4, -0.2) is 44.3 Å². The van der Waals surface area contributed by atoms with Crippen molar-refractivity contribution >= 4 is 39.2 Å². The van der Waals surface area contributed by atoms with Crippen LogP contribution >= 0.6 is 0 Å². The summed E-state index contributed by atoms with van der Waals surface area (Å²) in [6.07, 6.45) is 0. The summed E-state index contributed by atoms with van der Waals surface area (Å²) in [6.45, 7) is 0. The molecule has 5 N–H and O–H groups in total. The number of nitrogens with one attached hydrogen (secondary N) is 2. The van der Waals surface area contributed by atoms with E-state index in [0.717, 1.165) is 0 Å². The molecule has 0 spiro atoms. The number of carboxylic acids is 1. The Morgan fingerprint density at radius 1 is 0.750 bits per heavy atom. The second-order valence-electron chi connectivity index (χ2n) is 5.45. The third-order valence-electron chi connectivity index (χ3n) is 3.37. The highest BCUT2D eigenvalue weighted by Crippen LogP contribution is 2.12. The summed E-state index contributed by atoms with van der Waals surface area (Å²) in [5.41, 5.74) is 6.20. The quantitative estimate of drug-likeness (QED) is 0.552. The molecule has 4 radical (unpaired) electrons. The fourth-order valence-electron chi connectivity index (χ4n) is 2.18. The molecule has 2 unspecified atom stereocenters. The van der Waals surface area contributed by atoms with Gasteiger partial charge < -0.3 is 21.5 Å². The van der Waals surface area contributed by atoms with Gasteiger partial charge >= 0.3 is 5.97 Å². The molecule has 2 aromatic carbocycles. The highest BCUT2D eigenvalue weighted by atomic mass is 16.4. The second-order valence-corrected chi connectivity index (χ2v) is 5.45. The van der Waals surface area contributed by atoms with E-state index in [1.54, 1.807) is 60.7 Å². The molecule has 28 heavy (non-hydrogen) atoms. The van der Waals surface area contributed by atoms with E-state index in [1.165, 1.54) is 0 Å². The molecule has 0 aromatic heterocycles. The van der Waals surface area contributed by atoms with Gasteiger partial charge in [0.1, 0.15) is 6.04 Å². The van der Waals surface area contributed by atoms with Crippen LogP contribution in [0.4, 0.5) is 9.59 Å². The molecule has 3 amide bonds. The molecular weight excluding hydrogens is 360 g/mol. The molecular formula is C18H17B2N3O5. The zero-order chi connectivity index (χ0) is 21.1. The molecule has 0 aliphatic carbocycles. The van der Waals surface area contributed by atoms with Gasteiger partial charge in [0.05, 0.1) is 0 Å². The standard InChI is InChI=1S/C9H9BN2O2.C9H8BNO3/c10-9(14)12-7(8(11)13)6-4-2-1-3-5-6;10-9(14)11-7(8(12)13)6-4-2-1-3-5-6/h1-5,7H,(H2,11,13)(H,12,14);1-5,7H,(H,11,14)(H,12,13). The smallest absolute Gasteiger partial charge is 0.330 e. The van der Waals surface area contributed by atoms with Crippen LogP contribution in [0.3, 0.4) is 0 Å². The minimum absolute atomic E-state index is 0.485. The van der Waals surface area contributed by atoms with E-state index in [9.17, 15) is 19.2 Å². The Hall–Kier alpha value is -3.55. The maximum Gasteiger partial charge on any atom is 0.330 e. The van der Waals surface area contributed by atoms with E-state index in [-0.39, 0.29) is 0 Å². The molecule has 140 valence electrons. The number of amides is 3. The Kier molecular flexibility index (Phi) is 9.02. The highest BCUT2D eigenvalue weighted by molar-refractivity contribution is 6.57. The normalized spacial score (nSPS) is 11.7. The highest BCUT2D eigenvalue weighted by Gasteiger charge is 2.19. The number of carbonyl (C=O) groups is 4. The van der Waals surface area contributed by atoms with Crippen molar-refractivity contribution in [2.45, 2.75) is 12.1 Å². The molecule has 0 bridgehead atoms. The van der Waals surface area contributed by atoms with Crippen molar-refractivity contribution in [3.05, 3.63) is 71.8 Å². The first kappa shape index (κ1) is 22.5. The maximum atomic E-state index is 11.0. The van der Waals surface area contributed by atoms with Crippen molar-refractivity contribution in [3.63, 3.8) is 0 Å². The van der Waals surface area contributed by atoms with Crippen LogP contribution in [-0.2, 0) is 9.59 Å². The van der Waals surface area contributed by atoms with Gasteiger partial charge in [-0.1, -0.05) is 60.7 Å². The molecule has 8 nitrogen and oxygen atoms in total. The number of carbonyl (C=O) groups excluding carboxylic acids is 3. The molecule has 2 rings (SSSR count). The SMILES string of the molecule is [B]C(=O)NC(C(=O)O)c1ccccc1.[B]C(=O)NC(C(N)=O)c1ccccc1. The number of nitrogens with two attached hydrogens (primary N) is 1. The van der Waals surface area contributed by atoms with E-state index < -0.39 is 35.6 Å². The van der Waals surface area contributed by atoms with Crippen LogP contribution in [0.2, 0.25) is 0 Å². The van der Waals surface area contributed by atoms with Crippen LogP contribution in [0, 0.1) is 0 Å². The fourth-order valence-corrected chi connectivity index (χ4v) is 2.18. The predicted octanol–water partition coefficient (Wildman–Crippen LogP) is 0.782. The Balaban J connectivity index is 0.000000280. The lowest BCUT2D eigenvalue weighted by molar-refractivity contribution is -0.139. The lowest BCUT2D eigenvalue weighted by Crippen LogP contribution is -2.36. The summed E-state index contributed by atoms with van der Waals surface area (Å²) in [7, 11) is 9.77. The number of aliphatic carboxylic acids is 1. The Labute approximate surface area is 164 Å². The third-order valence-corrected chi connectivity index (χ3v) is 3.37. The second kappa shape index (κ2) is 11.2. The van der Waals surface area contributed by atoms with E-state index in [2.05, 4.69) is 10.6 Å². The van der Waals surface area contributed by atoms with Crippen LogP contribution in [0.25, 0.3) is 0 Å². The monoisotopic (exact) mass is 377 g/mol. The average Bonchev–Trinajstić information content (AvgIpc) is 2.65. The van der Waals surface area contributed by atoms with Crippen LogP contribution in [0.1, 0.15) is 23.2 Å². The van der Waals surface area contributed by atoms with E-state index in [0.29, 0.717) is 11.1 Å². The molecule has 0 heterocycles. The Morgan fingerprint density at radius 3 is 1.43 bits per heavy atom. The molecule has 2 aromatic rings. The molecule has 0 saturated carbocycles. The zero-order valence-electron chi connectivity index (χ0n) is 14.7. The zero-order valence-corrected chi connectivity index (χ0v) is 14.7. The van der Waals surface area contributed by atoms with Gasteiger partial charge in [-0.25, -0.2) is 4.79 Å². The molecule has 0 saturated heterocycles. The van der Waals surface area contributed by atoms with Gasteiger partial charge in [-0.2, -0.15) is 0 Å². The first-order chi connectivity index (χ1) is 13.2. The van der Waals surface area contributed by atoms with Crippen molar-refractivity contribution in [3.8, 4) is 0 Å². The summed E-state index contributed by atoms with van der Waals surface area (Å²) in [4.78, 5) is 42.9. The summed E-state index contributed by atoms with van der Waals surface area (Å²) in [5, 5.41) is 13.2. The number of carboxylic acid groups (broad SMARTS) is 1. The topological polar surface area (TPSA) is 139 Å². The average molecular weight is 377 g/mol. The predicted molar refractivity (Wildman–Crippen MR) is 104 cm³/mol. The van der Waals surface area contributed by atoms with Gasteiger partial charge in [-0.3, -0.25) is 14.4 Å². The van der Waals surface area contributed by atoms with Crippen molar-refractivity contribution in [1.29, 1.82) is 0 Å². The van der Waals surface area contributed by atoms with E-state index in [1.807, 2.05) is 0 Å². The fraction of sp³-hybridized carbons (Fsp3) is 0.111. The van der Waals surface area contributed by atoms with E-state index in [4.69, 9.17) is 26.5 Å². The van der Waals surface area contributed by atoms with Crippen molar-refractivity contribution in [1.82, 2.24) is 10.6 Å². The first-order valence-corrected chi connectivity index (χ1v) is 7.96. The minimum Gasteiger partial charge on any atom is -0.479 e. The van der Waals surface area contributed by atoms with Gasteiger partial charge in [0.15, 0.2) is 17.7 Å². The molecule has 0 aliphatic heterocycles. The summed E-state index contributed by atoms with van der Waals surface area (Å²) in [5.74, 6) is -3.43. The largest absolute Gasteiger partial charge is 0.479 e. The molecule has 0 aliphatic rings. The van der Waals surface area contributed by atoms with Crippen molar-refractivity contribution in [2.24, 2.45) is 5.73 Å². The molecule has 10 heteroatoms. The van der Waals surface area contributed by atoms with E-state index >= 15 is 0 Å². The summed E-state index contributed by atoms with van der Waals surface area (Å²) in [6, 6.07) is 15.0. The first-order valence-electron chi connectivity index (χ1n) is 7.96. The third kappa shape index (κ3) is 7.77. The van der Waals surface area contributed by atoms with Crippen LogP contribution < -0.4 is 16.4 Å². The lowest BCUT2D eigenvalue weighted by Gasteiger charge is -2.14. The molecule has 2 atom stereocenters.